The fourth-order valence-electron chi connectivity index (χ4n) is 7.73. The van der Waals surface area contributed by atoms with E-state index in [9.17, 15) is 9.90 Å². The highest BCUT2D eigenvalue weighted by atomic mass is 16.3. The molecule has 212 valence electrons. The highest BCUT2D eigenvalue weighted by molar-refractivity contribution is 5.75. The van der Waals surface area contributed by atoms with E-state index in [1.165, 1.54) is 25.0 Å². The normalized spacial score (nSPS) is 21.2. The molecule has 2 aliphatic carbocycles. The summed E-state index contributed by atoms with van der Waals surface area (Å²) in [6, 6.07) is 8.25. The minimum atomic E-state index is -0.135. The van der Waals surface area contributed by atoms with E-state index in [4.69, 9.17) is 4.98 Å². The van der Waals surface area contributed by atoms with Gasteiger partial charge in [-0.1, -0.05) is 0 Å². The number of nitrogens with one attached hydrogen (secondary N) is 1. The van der Waals surface area contributed by atoms with Gasteiger partial charge < -0.3 is 24.5 Å². The van der Waals surface area contributed by atoms with Gasteiger partial charge >= 0.3 is 0 Å². The van der Waals surface area contributed by atoms with Crippen LogP contribution in [0.5, 0.6) is 0 Å². The predicted octanol–water partition coefficient (Wildman–Crippen LogP) is 3.51. The lowest BCUT2D eigenvalue weighted by molar-refractivity contribution is 0.259. The summed E-state index contributed by atoms with van der Waals surface area (Å²) in [5, 5.41) is 18.6. The molecule has 0 radical (unpaired) electrons. The molecule has 4 aromatic heterocycles. The van der Waals surface area contributed by atoms with E-state index in [2.05, 4.69) is 37.9 Å². The number of aliphatic hydroxyl groups is 1. The Kier molecular flexibility index (Phi) is 5.65. The SMILES string of the molecule is CN1CCn2nc(Nc3cc(-c4ccnc(N5CCn6c(cc7c6C6CCC7C6)C5)c4CO)cn(C)c3=O)cc2C1. The van der Waals surface area contributed by atoms with Crippen LogP contribution >= 0.6 is 0 Å². The number of aliphatic hydroxyl groups excluding tert-OH is 1. The highest BCUT2D eigenvalue weighted by Gasteiger charge is 2.41. The third-order valence-electron chi connectivity index (χ3n) is 9.70. The Hall–Kier alpha value is -3.89. The molecular weight excluding hydrogens is 516 g/mol. The van der Waals surface area contributed by atoms with Crippen LogP contribution in [-0.4, -0.2) is 54.0 Å². The molecule has 4 aliphatic rings. The van der Waals surface area contributed by atoms with Crippen molar-refractivity contribution in [2.45, 2.75) is 63.9 Å². The third kappa shape index (κ3) is 3.95. The number of nitrogens with zero attached hydrogens (tertiary/aromatic N) is 7. The van der Waals surface area contributed by atoms with Gasteiger partial charge in [0.2, 0.25) is 0 Å². The molecule has 41 heavy (non-hydrogen) atoms. The third-order valence-corrected chi connectivity index (χ3v) is 9.70. The second-order valence-electron chi connectivity index (χ2n) is 12.2. The van der Waals surface area contributed by atoms with Gasteiger partial charge in [0.05, 0.1) is 25.4 Å². The van der Waals surface area contributed by atoms with Gasteiger partial charge in [0.15, 0.2) is 5.82 Å². The van der Waals surface area contributed by atoms with Gasteiger partial charge in [0.25, 0.3) is 5.56 Å². The Balaban J connectivity index is 1.12. The van der Waals surface area contributed by atoms with Gasteiger partial charge in [0, 0.05) is 80.1 Å². The molecule has 2 unspecified atom stereocenters. The first-order valence-corrected chi connectivity index (χ1v) is 14.8. The van der Waals surface area contributed by atoms with Gasteiger partial charge in [-0.25, -0.2) is 4.98 Å². The predicted molar refractivity (Wildman–Crippen MR) is 157 cm³/mol. The van der Waals surface area contributed by atoms with Crippen LogP contribution in [0, 0.1) is 0 Å². The summed E-state index contributed by atoms with van der Waals surface area (Å²) < 4.78 is 6.16. The molecule has 2 bridgehead atoms. The van der Waals surface area contributed by atoms with Crippen molar-refractivity contribution in [1.82, 2.24) is 28.8 Å². The van der Waals surface area contributed by atoms with Crippen molar-refractivity contribution in [2.75, 3.05) is 30.4 Å². The van der Waals surface area contributed by atoms with Crippen molar-refractivity contribution in [3.05, 3.63) is 75.2 Å². The number of aromatic nitrogens is 5. The molecule has 2 atom stereocenters. The fraction of sp³-hybridized carbons (Fsp3) is 0.452. The molecular formula is C31H36N8O2. The Morgan fingerprint density at radius 2 is 1.90 bits per heavy atom. The first-order valence-electron chi connectivity index (χ1n) is 14.8. The Labute approximate surface area is 238 Å². The van der Waals surface area contributed by atoms with Crippen LogP contribution in [-0.2, 0) is 39.8 Å². The maximum Gasteiger partial charge on any atom is 0.274 e. The second kappa shape index (κ2) is 9.32. The zero-order chi connectivity index (χ0) is 27.8. The number of hydrogen-bond donors (Lipinski definition) is 2. The van der Waals surface area contributed by atoms with Crippen LogP contribution in [0.3, 0.4) is 0 Å². The number of pyridine rings is 2. The maximum absolute atomic E-state index is 13.1. The monoisotopic (exact) mass is 552 g/mol. The Bertz CT molecular complexity index is 1730. The molecule has 0 aromatic carbocycles. The van der Waals surface area contributed by atoms with Gasteiger partial charge in [-0.15, -0.1) is 0 Å². The largest absolute Gasteiger partial charge is 0.392 e. The second-order valence-corrected chi connectivity index (χ2v) is 12.2. The van der Waals surface area contributed by atoms with E-state index < -0.39 is 0 Å². The first-order chi connectivity index (χ1) is 20.0. The van der Waals surface area contributed by atoms with Gasteiger partial charge in [-0.05, 0) is 61.6 Å². The van der Waals surface area contributed by atoms with Crippen LogP contribution < -0.4 is 15.8 Å². The lowest BCUT2D eigenvalue weighted by atomic mass is 9.98. The first kappa shape index (κ1) is 24.9. The summed E-state index contributed by atoms with van der Waals surface area (Å²) in [4.78, 5) is 22.5. The number of likely N-dealkylation sites (N-methyl/N-ethyl adjacent to an activating group) is 1. The number of anilines is 3. The van der Waals surface area contributed by atoms with E-state index >= 15 is 0 Å². The molecule has 0 amide bonds. The quantitative estimate of drug-likeness (QED) is 0.391. The van der Waals surface area contributed by atoms with Crippen LogP contribution in [0.15, 0.2) is 41.5 Å². The smallest absolute Gasteiger partial charge is 0.274 e. The maximum atomic E-state index is 13.1. The van der Waals surface area contributed by atoms with E-state index in [0.717, 1.165) is 79.3 Å². The summed E-state index contributed by atoms with van der Waals surface area (Å²) in [7, 11) is 3.86. The lowest BCUT2D eigenvalue weighted by Crippen LogP contribution is -2.35. The van der Waals surface area contributed by atoms with E-state index in [0.29, 0.717) is 11.5 Å². The molecule has 10 heteroatoms. The lowest BCUT2D eigenvalue weighted by Gasteiger charge is -2.32. The zero-order valence-electron chi connectivity index (χ0n) is 23.7. The molecule has 4 aromatic rings. The standard InChI is InChI=1S/C31H36N8O2/c1-35-7-10-39-23(16-35)14-28(34-39)33-27-12-21(15-36(2)31(27)41)24-5-6-32-30(26(24)18-40)37-8-9-38-22(17-37)13-25-19-3-4-20(11-19)29(25)38/h5-6,12-15,19-20,40H,3-4,7-11,16-18H2,1-2H3,(H,33,34). The average molecular weight is 553 g/mol. The molecule has 0 spiro atoms. The van der Waals surface area contributed by atoms with Crippen molar-refractivity contribution in [3.8, 4) is 11.1 Å². The summed E-state index contributed by atoms with van der Waals surface area (Å²) in [6.45, 7) is 5.07. The van der Waals surface area contributed by atoms with Crippen LogP contribution in [0.25, 0.3) is 11.1 Å². The zero-order valence-corrected chi connectivity index (χ0v) is 23.7. The number of aryl methyl sites for hydroxylation is 1. The highest BCUT2D eigenvalue weighted by Crippen LogP contribution is 2.54. The average Bonchev–Trinajstić information content (AvgIpc) is 3.75. The molecule has 1 saturated carbocycles. The van der Waals surface area contributed by atoms with Crippen LogP contribution in [0.1, 0.15) is 59.3 Å². The molecule has 2 aliphatic heterocycles. The van der Waals surface area contributed by atoms with Crippen LogP contribution in [0.2, 0.25) is 0 Å². The molecule has 8 rings (SSSR count). The molecule has 6 heterocycles. The summed E-state index contributed by atoms with van der Waals surface area (Å²) in [6.07, 6.45) is 7.65. The topological polar surface area (TPSA) is 96.4 Å². The molecule has 0 saturated heterocycles. The molecule has 10 nitrogen and oxygen atoms in total. The number of hydrogen-bond acceptors (Lipinski definition) is 7. The minimum absolute atomic E-state index is 0.129. The van der Waals surface area contributed by atoms with Gasteiger partial charge in [-0.3, -0.25) is 14.4 Å². The van der Waals surface area contributed by atoms with Crippen molar-refractivity contribution in [3.63, 3.8) is 0 Å². The fourth-order valence-corrected chi connectivity index (χ4v) is 7.73. The number of fused-ring (bicyclic) bond motifs is 8. The summed E-state index contributed by atoms with van der Waals surface area (Å²) in [5.74, 6) is 2.97. The van der Waals surface area contributed by atoms with Crippen molar-refractivity contribution >= 4 is 17.3 Å². The Morgan fingerprint density at radius 1 is 1.02 bits per heavy atom. The van der Waals surface area contributed by atoms with E-state index in [1.807, 2.05) is 35.3 Å². The van der Waals surface area contributed by atoms with E-state index in [1.54, 1.807) is 22.9 Å². The van der Waals surface area contributed by atoms with Gasteiger partial charge in [-0.2, -0.15) is 5.10 Å². The molecule has 1 fully saturated rings. The van der Waals surface area contributed by atoms with E-state index in [-0.39, 0.29) is 12.2 Å². The van der Waals surface area contributed by atoms with Crippen LogP contribution in [0.4, 0.5) is 17.3 Å². The van der Waals surface area contributed by atoms with Gasteiger partial charge in [0.1, 0.15) is 11.5 Å². The number of rotatable bonds is 5. The minimum Gasteiger partial charge on any atom is -0.392 e. The summed E-state index contributed by atoms with van der Waals surface area (Å²) >= 11 is 0. The Morgan fingerprint density at radius 3 is 2.78 bits per heavy atom. The van der Waals surface area contributed by atoms with Crippen molar-refractivity contribution in [2.24, 2.45) is 7.05 Å². The summed E-state index contributed by atoms with van der Waals surface area (Å²) in [5.41, 5.74) is 8.49. The van der Waals surface area contributed by atoms with Crippen molar-refractivity contribution in [1.29, 1.82) is 0 Å². The molecule has 2 N–H and O–H groups in total. The van der Waals surface area contributed by atoms with Crippen molar-refractivity contribution < 1.29 is 5.11 Å².